The predicted octanol–water partition coefficient (Wildman–Crippen LogP) is 1.94. The van der Waals surface area contributed by atoms with Crippen molar-refractivity contribution in [2.75, 3.05) is 6.61 Å². The average molecular weight is 245 g/mol. The minimum Gasteiger partial charge on any atom is -0.461 e. The summed E-state index contributed by atoms with van der Waals surface area (Å²) in [5, 5.41) is 3.36. The lowest BCUT2D eigenvalue weighted by Gasteiger charge is -2.25. The van der Waals surface area contributed by atoms with E-state index in [9.17, 15) is 4.79 Å². The number of carbonyl (C=O) groups excluding carboxylic acids is 1. The van der Waals surface area contributed by atoms with Crippen LogP contribution in [0.2, 0.25) is 0 Å². The van der Waals surface area contributed by atoms with Crippen LogP contribution in [0.5, 0.6) is 0 Å². The van der Waals surface area contributed by atoms with Crippen LogP contribution in [0, 0.1) is 0 Å². The van der Waals surface area contributed by atoms with E-state index in [-0.39, 0.29) is 12.1 Å². The molecule has 1 atom stereocenters. The van der Waals surface area contributed by atoms with Gasteiger partial charge in [0.1, 0.15) is 11.9 Å². The number of nitrogens with zero attached hydrogens (tertiary/aromatic N) is 1. The highest BCUT2D eigenvalue weighted by Crippen LogP contribution is 2.33. The zero-order valence-electron chi connectivity index (χ0n) is 10.4. The average Bonchev–Trinajstić information content (AvgIpc) is 2.90. The first-order valence-corrected chi connectivity index (χ1v) is 5.99. The second-order valence-corrected chi connectivity index (χ2v) is 4.39. The van der Waals surface area contributed by atoms with E-state index < -0.39 is 0 Å². The van der Waals surface area contributed by atoms with Gasteiger partial charge in [0.25, 0.3) is 0 Å². The van der Waals surface area contributed by atoms with Gasteiger partial charge >= 0.3 is 5.97 Å². The van der Waals surface area contributed by atoms with Crippen LogP contribution >= 0.6 is 0 Å². The first-order valence-electron chi connectivity index (χ1n) is 5.99. The molecule has 0 fully saturated rings. The summed E-state index contributed by atoms with van der Waals surface area (Å²) in [4.78, 5) is 16.9. The van der Waals surface area contributed by atoms with Crippen molar-refractivity contribution in [3.63, 3.8) is 0 Å². The summed E-state index contributed by atoms with van der Waals surface area (Å²) < 4.78 is 5.00. The van der Waals surface area contributed by atoms with Crippen molar-refractivity contribution < 1.29 is 9.53 Å². The fourth-order valence-electron chi connectivity index (χ4n) is 2.32. The molecule has 0 radical (unpaired) electrons. The summed E-state index contributed by atoms with van der Waals surface area (Å²) in [7, 11) is 0. The van der Waals surface area contributed by atoms with Gasteiger partial charge in [-0.05, 0) is 26.0 Å². The number of aromatic nitrogens is 1. The van der Waals surface area contributed by atoms with E-state index in [2.05, 4.69) is 15.2 Å². The Labute approximate surface area is 105 Å². The number of rotatable bonds is 2. The molecule has 5 nitrogen and oxygen atoms in total. The molecule has 1 unspecified atom stereocenters. The topological polar surface area (TPSA) is 57.4 Å². The SMILES string of the molecule is CCOC(=O)c1cc2c([nH]1)C=CN1C=C(C)NC21. The normalized spacial score (nSPS) is 20.0. The second-order valence-electron chi connectivity index (χ2n) is 4.39. The third-order valence-corrected chi connectivity index (χ3v) is 3.09. The fourth-order valence-corrected chi connectivity index (χ4v) is 2.32. The molecule has 0 saturated heterocycles. The molecule has 0 bridgehead atoms. The third kappa shape index (κ3) is 1.59. The first-order chi connectivity index (χ1) is 8.69. The number of nitrogens with one attached hydrogen (secondary N) is 2. The highest BCUT2D eigenvalue weighted by Gasteiger charge is 2.29. The summed E-state index contributed by atoms with van der Waals surface area (Å²) in [6.45, 7) is 4.20. The molecule has 0 saturated carbocycles. The minimum atomic E-state index is -0.311. The molecule has 2 aliphatic heterocycles. The van der Waals surface area contributed by atoms with Gasteiger partial charge in [-0.1, -0.05) is 0 Å². The Morgan fingerprint density at radius 3 is 3.17 bits per heavy atom. The van der Waals surface area contributed by atoms with Gasteiger partial charge in [-0.25, -0.2) is 4.79 Å². The number of ether oxygens (including phenoxy) is 1. The van der Waals surface area contributed by atoms with Crippen LogP contribution in [0.3, 0.4) is 0 Å². The van der Waals surface area contributed by atoms with E-state index in [0.717, 1.165) is 17.0 Å². The monoisotopic (exact) mass is 245 g/mol. The number of allylic oxidation sites excluding steroid dienone is 1. The van der Waals surface area contributed by atoms with Gasteiger partial charge in [0.15, 0.2) is 0 Å². The fraction of sp³-hybridized carbons (Fsp3) is 0.308. The smallest absolute Gasteiger partial charge is 0.354 e. The van der Waals surface area contributed by atoms with Crippen LogP contribution in [0.25, 0.3) is 6.08 Å². The van der Waals surface area contributed by atoms with Crippen molar-refractivity contribution >= 4 is 12.0 Å². The van der Waals surface area contributed by atoms with E-state index in [4.69, 9.17) is 4.74 Å². The van der Waals surface area contributed by atoms with E-state index in [0.29, 0.717) is 12.3 Å². The molecule has 2 N–H and O–H groups in total. The zero-order chi connectivity index (χ0) is 12.7. The largest absolute Gasteiger partial charge is 0.461 e. The summed E-state index contributed by atoms with van der Waals surface area (Å²) in [5.41, 5.74) is 3.62. The molecule has 1 aromatic heterocycles. The van der Waals surface area contributed by atoms with Gasteiger partial charge in [0.2, 0.25) is 0 Å². The molecule has 2 aliphatic rings. The molecular weight excluding hydrogens is 230 g/mol. The summed E-state index contributed by atoms with van der Waals surface area (Å²) in [5.74, 6) is -0.311. The lowest BCUT2D eigenvalue weighted by molar-refractivity contribution is 0.0520. The maximum Gasteiger partial charge on any atom is 0.354 e. The van der Waals surface area contributed by atoms with E-state index in [1.807, 2.05) is 31.5 Å². The first kappa shape index (κ1) is 11.0. The van der Waals surface area contributed by atoms with Gasteiger partial charge in [-0.2, -0.15) is 0 Å². The Morgan fingerprint density at radius 2 is 2.39 bits per heavy atom. The van der Waals surface area contributed by atoms with Crippen molar-refractivity contribution in [2.24, 2.45) is 0 Å². The van der Waals surface area contributed by atoms with E-state index >= 15 is 0 Å². The van der Waals surface area contributed by atoms with Crippen LogP contribution < -0.4 is 5.32 Å². The third-order valence-electron chi connectivity index (χ3n) is 3.09. The van der Waals surface area contributed by atoms with Gasteiger partial charge in [-0.3, -0.25) is 0 Å². The lowest BCUT2D eigenvalue weighted by atomic mass is 10.1. The van der Waals surface area contributed by atoms with Gasteiger partial charge in [0, 0.05) is 29.4 Å². The highest BCUT2D eigenvalue weighted by molar-refractivity contribution is 5.88. The van der Waals surface area contributed by atoms with Crippen molar-refractivity contribution in [1.29, 1.82) is 0 Å². The molecule has 5 heteroatoms. The van der Waals surface area contributed by atoms with Crippen molar-refractivity contribution in [3.8, 4) is 0 Å². The highest BCUT2D eigenvalue weighted by atomic mass is 16.5. The Balaban J connectivity index is 1.93. The number of esters is 1. The molecule has 0 aromatic carbocycles. The predicted molar refractivity (Wildman–Crippen MR) is 67.3 cm³/mol. The summed E-state index contributed by atoms with van der Waals surface area (Å²) >= 11 is 0. The van der Waals surface area contributed by atoms with Crippen LogP contribution in [0.15, 0.2) is 24.2 Å². The minimum absolute atomic E-state index is 0.0735. The number of aromatic amines is 1. The maximum absolute atomic E-state index is 11.7. The van der Waals surface area contributed by atoms with Gasteiger partial charge in [-0.15, -0.1) is 0 Å². The van der Waals surface area contributed by atoms with Crippen LogP contribution in [-0.4, -0.2) is 22.5 Å². The number of fused-ring (bicyclic) bond motifs is 3. The van der Waals surface area contributed by atoms with Crippen LogP contribution in [-0.2, 0) is 4.74 Å². The number of hydrogen-bond acceptors (Lipinski definition) is 4. The van der Waals surface area contributed by atoms with E-state index in [1.54, 1.807) is 6.92 Å². The molecule has 0 amide bonds. The van der Waals surface area contributed by atoms with Crippen molar-refractivity contribution in [2.45, 2.75) is 20.0 Å². The molecule has 0 spiro atoms. The maximum atomic E-state index is 11.7. The number of H-pyrrole nitrogens is 1. The second kappa shape index (κ2) is 3.94. The molecule has 1 aromatic rings. The quantitative estimate of drug-likeness (QED) is 0.782. The molecule has 3 heterocycles. The zero-order valence-corrected chi connectivity index (χ0v) is 10.4. The Kier molecular flexibility index (Phi) is 2.40. The Hall–Kier alpha value is -2.17. The van der Waals surface area contributed by atoms with Gasteiger partial charge in [0.05, 0.1) is 6.61 Å². The molecule has 94 valence electrons. The van der Waals surface area contributed by atoms with Crippen LogP contribution in [0.4, 0.5) is 0 Å². The Morgan fingerprint density at radius 1 is 1.56 bits per heavy atom. The Bertz CT molecular complexity index is 557. The molecular formula is C13H15N3O2. The lowest BCUT2D eigenvalue weighted by Crippen LogP contribution is -2.25. The van der Waals surface area contributed by atoms with Gasteiger partial charge < -0.3 is 19.9 Å². The molecule has 18 heavy (non-hydrogen) atoms. The standard InChI is InChI=1S/C13H15N3O2/c1-3-18-13(17)11-6-9-10(15-11)4-5-16-7-8(2)14-12(9)16/h4-7,12,14-15H,3H2,1-2H3. The van der Waals surface area contributed by atoms with E-state index in [1.165, 1.54) is 0 Å². The van der Waals surface area contributed by atoms with Crippen molar-refractivity contribution in [3.05, 3.63) is 41.1 Å². The van der Waals surface area contributed by atoms with Crippen LogP contribution in [0.1, 0.15) is 41.8 Å². The summed E-state index contributed by atoms with van der Waals surface area (Å²) in [6, 6.07) is 1.86. The van der Waals surface area contributed by atoms with Crippen molar-refractivity contribution in [1.82, 2.24) is 15.2 Å². The number of hydrogen-bond donors (Lipinski definition) is 2. The summed E-state index contributed by atoms with van der Waals surface area (Å²) in [6.07, 6.45) is 6.07. The number of carbonyl (C=O) groups is 1. The molecule has 0 aliphatic carbocycles. The molecule has 3 rings (SSSR count).